The number of aryl methyl sites for hydroxylation is 1. The van der Waals surface area contributed by atoms with Gasteiger partial charge in [-0.3, -0.25) is 0 Å². The second-order valence-corrected chi connectivity index (χ2v) is 11.3. The van der Waals surface area contributed by atoms with Crippen LogP contribution in [0.4, 0.5) is 5.13 Å². The lowest BCUT2D eigenvalue weighted by atomic mass is 10.1. The maximum atomic E-state index is 13.2. The smallest absolute Gasteiger partial charge is 0.185 e. The molecule has 1 aliphatic rings. The molecule has 9 heteroatoms. The van der Waals surface area contributed by atoms with E-state index in [2.05, 4.69) is 4.90 Å². The molecule has 1 fully saturated rings. The van der Waals surface area contributed by atoms with Crippen molar-refractivity contribution in [1.82, 2.24) is 4.98 Å². The summed E-state index contributed by atoms with van der Waals surface area (Å²) in [6.45, 7) is 3.02. The van der Waals surface area contributed by atoms with E-state index < -0.39 is 15.1 Å². The normalized spacial score (nSPS) is 15.3. The fourth-order valence-corrected chi connectivity index (χ4v) is 7.22. The van der Waals surface area contributed by atoms with Gasteiger partial charge in [-0.2, -0.15) is 0 Å². The molecule has 2 heterocycles. The third-order valence-electron chi connectivity index (χ3n) is 5.55. The molecule has 3 aromatic rings. The van der Waals surface area contributed by atoms with E-state index in [9.17, 15) is 8.42 Å². The molecule has 0 radical (unpaired) electrons. The van der Waals surface area contributed by atoms with Crippen LogP contribution in [-0.2, 0) is 9.84 Å². The van der Waals surface area contributed by atoms with Gasteiger partial charge in [-0.05, 0) is 49.6 Å². The standard InChI is InChI=1S/C22H22Cl2N2O3S2/c1-14-11-21(18(24)12-17(14)23)31(27,28)15-7-9-26(10-8-15)22-25-19(13-30-22)16-5-3-4-6-20(16)29-2/h3-6,11-13,15H,7-10H2,1-2H3. The van der Waals surface area contributed by atoms with Crippen LogP contribution in [0.2, 0.25) is 10.0 Å². The molecule has 4 rings (SSSR count). The number of hydrogen-bond donors (Lipinski definition) is 0. The first-order valence-corrected chi connectivity index (χ1v) is 13.0. The number of para-hydroxylation sites is 1. The van der Waals surface area contributed by atoms with Crippen molar-refractivity contribution >= 4 is 49.5 Å². The van der Waals surface area contributed by atoms with Crippen LogP contribution in [0.15, 0.2) is 46.7 Å². The van der Waals surface area contributed by atoms with Gasteiger partial charge in [0.05, 0.1) is 28.0 Å². The number of benzene rings is 2. The minimum absolute atomic E-state index is 0.169. The number of nitrogens with zero attached hydrogens (tertiary/aromatic N) is 2. The van der Waals surface area contributed by atoms with Crippen molar-refractivity contribution < 1.29 is 13.2 Å². The minimum Gasteiger partial charge on any atom is -0.496 e. The zero-order chi connectivity index (χ0) is 22.2. The summed E-state index contributed by atoms with van der Waals surface area (Å²) in [5, 5.41) is 3.06. The lowest BCUT2D eigenvalue weighted by Crippen LogP contribution is -2.39. The summed E-state index contributed by atoms with van der Waals surface area (Å²) >= 11 is 13.9. The number of sulfone groups is 1. The lowest BCUT2D eigenvalue weighted by molar-refractivity contribution is 0.416. The molecule has 5 nitrogen and oxygen atoms in total. The van der Waals surface area contributed by atoms with Gasteiger partial charge in [-0.25, -0.2) is 13.4 Å². The molecule has 0 saturated carbocycles. The van der Waals surface area contributed by atoms with Crippen molar-refractivity contribution in [3.05, 3.63) is 57.4 Å². The Bertz CT molecular complexity index is 1200. The average Bonchev–Trinajstić information content (AvgIpc) is 3.26. The molecule has 0 amide bonds. The van der Waals surface area contributed by atoms with E-state index in [4.69, 9.17) is 32.9 Å². The van der Waals surface area contributed by atoms with Crippen LogP contribution in [-0.4, -0.2) is 38.9 Å². The molecule has 1 saturated heterocycles. The molecule has 0 bridgehead atoms. The molecular formula is C22H22Cl2N2O3S2. The summed E-state index contributed by atoms with van der Waals surface area (Å²) in [6.07, 6.45) is 1.04. The fourth-order valence-electron chi connectivity index (χ4n) is 3.78. The number of thiazole rings is 1. The fraction of sp³-hybridized carbons (Fsp3) is 0.318. The van der Waals surface area contributed by atoms with Crippen molar-refractivity contribution in [2.75, 3.05) is 25.1 Å². The highest BCUT2D eigenvalue weighted by Crippen LogP contribution is 2.36. The molecule has 31 heavy (non-hydrogen) atoms. The topological polar surface area (TPSA) is 59.5 Å². The van der Waals surface area contributed by atoms with Crippen LogP contribution in [0.25, 0.3) is 11.3 Å². The van der Waals surface area contributed by atoms with E-state index in [1.807, 2.05) is 29.6 Å². The van der Waals surface area contributed by atoms with Crippen LogP contribution >= 0.6 is 34.5 Å². The van der Waals surface area contributed by atoms with Crippen LogP contribution < -0.4 is 9.64 Å². The summed E-state index contributed by atoms with van der Waals surface area (Å²) in [5.74, 6) is 0.777. The van der Waals surface area contributed by atoms with Gasteiger partial charge in [-0.15, -0.1) is 11.3 Å². The number of aromatic nitrogens is 1. The van der Waals surface area contributed by atoms with Crippen molar-refractivity contribution in [1.29, 1.82) is 0 Å². The van der Waals surface area contributed by atoms with Gasteiger partial charge in [0.15, 0.2) is 15.0 Å². The van der Waals surface area contributed by atoms with Crippen LogP contribution in [0.3, 0.4) is 0 Å². The number of methoxy groups -OCH3 is 1. The first kappa shape index (κ1) is 22.4. The van der Waals surface area contributed by atoms with Crippen molar-refractivity contribution in [2.45, 2.75) is 29.9 Å². The van der Waals surface area contributed by atoms with Gasteiger partial charge < -0.3 is 9.64 Å². The van der Waals surface area contributed by atoms with E-state index in [0.717, 1.165) is 22.1 Å². The Morgan fingerprint density at radius 3 is 2.55 bits per heavy atom. The number of halogens is 2. The summed E-state index contributed by atoms with van der Waals surface area (Å²) in [5.41, 5.74) is 2.50. The molecule has 0 spiro atoms. The van der Waals surface area contributed by atoms with Gasteiger partial charge in [0.25, 0.3) is 0 Å². The molecule has 0 N–H and O–H groups in total. The summed E-state index contributed by atoms with van der Waals surface area (Å²) in [6, 6.07) is 10.9. The predicted octanol–water partition coefficient (Wildman–Crippen LogP) is 5.88. The lowest BCUT2D eigenvalue weighted by Gasteiger charge is -2.31. The van der Waals surface area contributed by atoms with Gasteiger partial charge >= 0.3 is 0 Å². The molecule has 2 aromatic carbocycles. The first-order chi connectivity index (χ1) is 14.8. The third-order valence-corrected chi connectivity index (χ3v) is 9.58. The summed E-state index contributed by atoms with van der Waals surface area (Å²) in [4.78, 5) is 7.08. The number of anilines is 1. The van der Waals surface area contributed by atoms with Crippen LogP contribution in [0.5, 0.6) is 5.75 Å². The molecule has 164 valence electrons. The molecule has 0 unspecified atom stereocenters. The SMILES string of the molecule is COc1ccccc1-c1csc(N2CCC(S(=O)(=O)c3cc(C)c(Cl)cc3Cl)CC2)n1. The Kier molecular flexibility index (Phi) is 6.49. The van der Waals surface area contributed by atoms with Gasteiger partial charge in [-0.1, -0.05) is 35.3 Å². The molecule has 1 aromatic heterocycles. The van der Waals surface area contributed by atoms with E-state index in [1.54, 1.807) is 31.4 Å². The summed E-state index contributed by atoms with van der Waals surface area (Å²) in [7, 11) is -1.89. The highest BCUT2D eigenvalue weighted by Gasteiger charge is 2.33. The number of ether oxygens (including phenoxy) is 1. The average molecular weight is 497 g/mol. The van der Waals surface area contributed by atoms with Gasteiger partial charge in [0, 0.05) is 29.1 Å². The number of piperidine rings is 1. The second kappa shape index (κ2) is 8.98. The third kappa shape index (κ3) is 4.42. The van der Waals surface area contributed by atoms with Crippen molar-refractivity contribution in [3.8, 4) is 17.0 Å². The Hall–Kier alpha value is -1.80. The van der Waals surface area contributed by atoms with E-state index >= 15 is 0 Å². The number of hydrogen-bond acceptors (Lipinski definition) is 6. The molecule has 0 aliphatic carbocycles. The Labute approximate surface area is 196 Å². The molecular weight excluding hydrogens is 475 g/mol. The van der Waals surface area contributed by atoms with Crippen LogP contribution in [0.1, 0.15) is 18.4 Å². The molecule has 0 atom stereocenters. The monoisotopic (exact) mass is 496 g/mol. The largest absolute Gasteiger partial charge is 0.496 e. The van der Waals surface area contributed by atoms with E-state index in [1.165, 1.54) is 6.07 Å². The van der Waals surface area contributed by atoms with Crippen LogP contribution in [0, 0.1) is 6.92 Å². The Morgan fingerprint density at radius 1 is 1.13 bits per heavy atom. The minimum atomic E-state index is -3.54. The maximum Gasteiger partial charge on any atom is 0.185 e. The summed E-state index contributed by atoms with van der Waals surface area (Å²) < 4.78 is 31.8. The molecule has 1 aliphatic heterocycles. The zero-order valence-electron chi connectivity index (χ0n) is 17.1. The Morgan fingerprint density at radius 2 is 1.84 bits per heavy atom. The maximum absolute atomic E-state index is 13.2. The Balaban J connectivity index is 1.49. The number of rotatable bonds is 5. The first-order valence-electron chi connectivity index (χ1n) is 9.84. The highest BCUT2D eigenvalue weighted by atomic mass is 35.5. The second-order valence-electron chi connectivity index (χ2n) is 7.48. The highest BCUT2D eigenvalue weighted by molar-refractivity contribution is 7.92. The van der Waals surface area contributed by atoms with E-state index in [0.29, 0.717) is 36.5 Å². The zero-order valence-corrected chi connectivity index (χ0v) is 20.3. The quantitative estimate of drug-likeness (QED) is 0.441. The van der Waals surface area contributed by atoms with Crippen molar-refractivity contribution in [3.63, 3.8) is 0 Å². The van der Waals surface area contributed by atoms with Gasteiger partial charge in [0.2, 0.25) is 0 Å². The van der Waals surface area contributed by atoms with Gasteiger partial charge in [0.1, 0.15) is 5.75 Å². The van der Waals surface area contributed by atoms with Crippen molar-refractivity contribution in [2.24, 2.45) is 0 Å². The van der Waals surface area contributed by atoms with E-state index in [-0.39, 0.29) is 9.92 Å². The predicted molar refractivity (Wildman–Crippen MR) is 128 cm³/mol.